The molecule has 5 nitrogen and oxygen atoms in total. The van der Waals surface area contributed by atoms with Gasteiger partial charge in [-0.05, 0) is 6.92 Å². The highest BCUT2D eigenvalue weighted by Gasteiger charge is 2.15. The first-order valence-electron chi connectivity index (χ1n) is 6.50. The summed E-state index contributed by atoms with van der Waals surface area (Å²) < 4.78 is 4.84. The normalized spacial score (nSPS) is 15.1. The molecule has 3 rings (SSSR count). The van der Waals surface area contributed by atoms with E-state index in [9.17, 15) is 9.59 Å². The minimum Gasteiger partial charge on any atom is -0.450 e. The summed E-state index contributed by atoms with van der Waals surface area (Å²) in [6.07, 6.45) is -0.186. The van der Waals surface area contributed by atoms with Crippen molar-refractivity contribution >= 4 is 16.9 Å². The summed E-state index contributed by atoms with van der Waals surface area (Å²) in [4.78, 5) is 23.3. The molecule has 0 aliphatic carbocycles. The van der Waals surface area contributed by atoms with Crippen LogP contribution in [-0.4, -0.2) is 43.8 Å². The second-order valence-electron chi connectivity index (χ2n) is 4.31. The molecule has 0 spiro atoms. The zero-order valence-corrected chi connectivity index (χ0v) is 11.0. The number of amides is 1. The van der Waals surface area contributed by atoms with E-state index in [-0.39, 0.29) is 11.5 Å². The first-order valence-corrected chi connectivity index (χ1v) is 6.50. The van der Waals surface area contributed by atoms with Gasteiger partial charge in [0.1, 0.15) is 0 Å². The Morgan fingerprint density at radius 1 is 1.26 bits per heavy atom. The quantitative estimate of drug-likeness (QED) is 0.837. The van der Waals surface area contributed by atoms with Gasteiger partial charge in [0.05, 0.1) is 6.61 Å². The largest absolute Gasteiger partial charge is 0.450 e. The number of fused-ring (bicyclic) bond motifs is 1. The minimum atomic E-state index is -0.186. The highest BCUT2D eigenvalue weighted by atomic mass is 16.6. The predicted molar refractivity (Wildman–Crippen MR) is 74.1 cm³/mol. The molecule has 1 fully saturated rings. The fourth-order valence-electron chi connectivity index (χ4n) is 1.89. The Balaban J connectivity index is 0.000000146. The molecule has 1 amide bonds. The molecule has 19 heavy (non-hydrogen) atoms. The van der Waals surface area contributed by atoms with Crippen LogP contribution in [0.4, 0.5) is 4.79 Å². The minimum absolute atomic E-state index is 0.186. The number of rotatable bonds is 1. The molecule has 2 aromatic rings. The van der Waals surface area contributed by atoms with Crippen LogP contribution in [0.25, 0.3) is 10.8 Å². The lowest BCUT2D eigenvalue weighted by Gasteiger charge is -2.26. The van der Waals surface area contributed by atoms with E-state index in [0.29, 0.717) is 6.61 Å². The molecule has 0 aromatic heterocycles. The Hall–Kier alpha value is -1.88. The molecule has 0 saturated carbocycles. The highest BCUT2D eigenvalue weighted by Crippen LogP contribution is 2.11. The van der Waals surface area contributed by atoms with Crippen molar-refractivity contribution in [3.05, 3.63) is 34.5 Å². The van der Waals surface area contributed by atoms with Gasteiger partial charge in [-0.3, -0.25) is 4.79 Å². The third-order valence-electron chi connectivity index (χ3n) is 3.00. The van der Waals surface area contributed by atoms with Gasteiger partial charge >= 0.3 is 6.09 Å². The summed E-state index contributed by atoms with van der Waals surface area (Å²) in [5.41, 5.74) is 0.218. The lowest BCUT2D eigenvalue weighted by Crippen LogP contribution is -2.46. The second-order valence-corrected chi connectivity index (χ2v) is 4.31. The summed E-state index contributed by atoms with van der Waals surface area (Å²) in [6.45, 7) is 5.55. The van der Waals surface area contributed by atoms with Crippen molar-refractivity contribution in [1.29, 1.82) is 0 Å². The van der Waals surface area contributed by atoms with Gasteiger partial charge in [-0.25, -0.2) is 4.79 Å². The molecule has 0 unspecified atom stereocenters. The van der Waals surface area contributed by atoms with Crippen molar-refractivity contribution in [2.45, 2.75) is 6.92 Å². The van der Waals surface area contributed by atoms with E-state index in [4.69, 9.17) is 4.74 Å². The van der Waals surface area contributed by atoms with E-state index in [0.717, 1.165) is 37.0 Å². The maximum atomic E-state index is 11.1. The number of benzene rings is 1. The third kappa shape index (κ3) is 3.54. The van der Waals surface area contributed by atoms with Crippen LogP contribution >= 0.6 is 0 Å². The van der Waals surface area contributed by atoms with Crippen LogP contribution in [0.5, 0.6) is 0 Å². The summed E-state index contributed by atoms with van der Waals surface area (Å²) in [7, 11) is 0. The molecule has 102 valence electrons. The average molecular weight is 262 g/mol. The van der Waals surface area contributed by atoms with Gasteiger partial charge in [-0.2, -0.15) is 0 Å². The Morgan fingerprint density at radius 3 is 2.32 bits per heavy atom. The van der Waals surface area contributed by atoms with Crippen LogP contribution in [0.1, 0.15) is 6.92 Å². The standard InChI is InChI=1S/C7H14N2O2.C7H4O/c1-2-11-7(10)9-5-3-8-4-6-9;8-7-5-3-1-2-4-6(5)7/h8H,2-6H2,1H3;1-4H. The van der Waals surface area contributed by atoms with Gasteiger partial charge in [0.15, 0.2) is 5.43 Å². The van der Waals surface area contributed by atoms with Crippen LogP contribution in [-0.2, 0) is 4.74 Å². The SMILES string of the molecule is CCOC(=O)N1CCNCC1.O=c1c2ccccc12. The summed E-state index contributed by atoms with van der Waals surface area (Å²) >= 11 is 0. The number of carbonyl (C=O) groups excluding carboxylic acids is 1. The molecular formula is C14H18N2O3. The van der Waals surface area contributed by atoms with Gasteiger partial charge in [-0.1, -0.05) is 24.3 Å². The average Bonchev–Trinajstić information content (AvgIpc) is 3.12. The summed E-state index contributed by atoms with van der Waals surface area (Å²) in [5.74, 6) is 0. The molecule has 1 aliphatic rings. The summed E-state index contributed by atoms with van der Waals surface area (Å²) in [5, 5.41) is 4.95. The lowest BCUT2D eigenvalue weighted by atomic mass is 10.4. The highest BCUT2D eigenvalue weighted by molar-refractivity contribution is 5.96. The lowest BCUT2D eigenvalue weighted by molar-refractivity contribution is 0.102. The Bertz CT molecular complexity index is 521. The maximum absolute atomic E-state index is 11.1. The first kappa shape index (κ1) is 13.5. The van der Waals surface area contributed by atoms with Crippen LogP contribution in [0.3, 0.4) is 0 Å². The number of nitrogens with zero attached hydrogens (tertiary/aromatic N) is 1. The van der Waals surface area contributed by atoms with E-state index >= 15 is 0 Å². The number of nitrogens with one attached hydrogen (secondary N) is 1. The van der Waals surface area contributed by atoms with Crippen LogP contribution < -0.4 is 10.7 Å². The van der Waals surface area contributed by atoms with Crippen molar-refractivity contribution in [3.63, 3.8) is 0 Å². The van der Waals surface area contributed by atoms with Gasteiger partial charge in [0.25, 0.3) is 0 Å². The molecular weight excluding hydrogens is 244 g/mol. The van der Waals surface area contributed by atoms with Gasteiger partial charge in [-0.15, -0.1) is 0 Å². The molecule has 1 heterocycles. The molecule has 1 aliphatic heterocycles. The van der Waals surface area contributed by atoms with Crippen molar-refractivity contribution in [2.24, 2.45) is 0 Å². The van der Waals surface area contributed by atoms with Gasteiger partial charge in [0, 0.05) is 37.0 Å². The fourth-order valence-corrected chi connectivity index (χ4v) is 1.89. The molecule has 0 radical (unpaired) electrons. The predicted octanol–water partition coefficient (Wildman–Crippen LogP) is 1.12. The smallest absolute Gasteiger partial charge is 0.409 e. The molecule has 0 bridgehead atoms. The zero-order chi connectivity index (χ0) is 13.7. The van der Waals surface area contributed by atoms with E-state index in [2.05, 4.69) is 5.32 Å². The van der Waals surface area contributed by atoms with Crippen LogP contribution in [0.2, 0.25) is 0 Å². The van der Waals surface area contributed by atoms with Gasteiger partial charge in [0.2, 0.25) is 0 Å². The summed E-state index contributed by atoms with van der Waals surface area (Å²) in [6, 6.07) is 7.45. The fraction of sp³-hybridized carbons (Fsp3) is 0.429. The molecule has 5 heteroatoms. The van der Waals surface area contributed by atoms with E-state index in [1.807, 2.05) is 31.2 Å². The van der Waals surface area contributed by atoms with Crippen LogP contribution in [0.15, 0.2) is 29.1 Å². The maximum Gasteiger partial charge on any atom is 0.409 e. The molecule has 1 saturated heterocycles. The van der Waals surface area contributed by atoms with E-state index in [1.165, 1.54) is 0 Å². The number of hydrogen-bond acceptors (Lipinski definition) is 4. The Morgan fingerprint density at radius 2 is 1.84 bits per heavy atom. The number of ether oxygens (including phenoxy) is 1. The Kier molecular flexibility index (Phi) is 4.52. The van der Waals surface area contributed by atoms with Gasteiger partial charge < -0.3 is 15.0 Å². The monoisotopic (exact) mass is 262 g/mol. The Labute approximate surface area is 111 Å². The van der Waals surface area contributed by atoms with Crippen molar-refractivity contribution in [3.8, 4) is 0 Å². The topological polar surface area (TPSA) is 58.6 Å². The van der Waals surface area contributed by atoms with E-state index in [1.54, 1.807) is 4.90 Å². The first-order chi connectivity index (χ1) is 9.24. The van der Waals surface area contributed by atoms with Crippen molar-refractivity contribution < 1.29 is 9.53 Å². The van der Waals surface area contributed by atoms with Crippen molar-refractivity contribution in [1.82, 2.24) is 10.2 Å². The zero-order valence-electron chi connectivity index (χ0n) is 11.0. The molecule has 0 atom stereocenters. The molecule has 2 aromatic carbocycles. The van der Waals surface area contributed by atoms with Crippen LogP contribution in [0, 0.1) is 0 Å². The number of piperazine rings is 1. The molecule has 1 N–H and O–H groups in total. The van der Waals surface area contributed by atoms with E-state index < -0.39 is 0 Å². The van der Waals surface area contributed by atoms with Crippen molar-refractivity contribution in [2.75, 3.05) is 32.8 Å². The number of carbonyl (C=O) groups is 1. The second kappa shape index (κ2) is 6.33. The third-order valence-corrected chi connectivity index (χ3v) is 3.00. The number of hydrogen-bond donors (Lipinski definition) is 1.